The van der Waals surface area contributed by atoms with Crippen molar-refractivity contribution >= 4 is 11.6 Å². The number of halogens is 3. The van der Waals surface area contributed by atoms with Gasteiger partial charge in [-0.3, -0.25) is 4.79 Å². The number of hydrogen-bond acceptors (Lipinski definition) is 1. The lowest BCUT2D eigenvalue weighted by Crippen LogP contribution is -2.28. The molecule has 0 unspecified atom stereocenters. The molecule has 1 N–H and O–H groups in total. The van der Waals surface area contributed by atoms with Gasteiger partial charge in [-0.1, -0.05) is 12.1 Å². The first-order chi connectivity index (χ1) is 10.0. The summed E-state index contributed by atoms with van der Waals surface area (Å²) in [7, 11) is 0. The van der Waals surface area contributed by atoms with Crippen molar-refractivity contribution in [3.8, 4) is 0 Å². The van der Waals surface area contributed by atoms with Gasteiger partial charge >= 0.3 is 0 Å². The molecule has 0 heterocycles. The van der Waals surface area contributed by atoms with E-state index in [0.717, 1.165) is 18.2 Å². The summed E-state index contributed by atoms with van der Waals surface area (Å²) in [4.78, 5) is 12.4. The first-order valence-corrected chi connectivity index (χ1v) is 6.54. The maximum atomic E-state index is 13.6. The zero-order chi connectivity index (χ0) is 15.0. The van der Waals surface area contributed by atoms with Gasteiger partial charge in [0.1, 0.15) is 17.5 Å². The summed E-state index contributed by atoms with van der Waals surface area (Å²) in [5, 5.41) is 2.42. The third-order valence-electron chi connectivity index (χ3n) is 3.76. The van der Waals surface area contributed by atoms with Crippen LogP contribution in [-0.2, 0) is 10.2 Å². The lowest BCUT2D eigenvalue weighted by molar-refractivity contribution is -0.118. The van der Waals surface area contributed by atoms with Gasteiger partial charge in [-0.2, -0.15) is 0 Å². The lowest BCUT2D eigenvalue weighted by atomic mass is 9.95. The Morgan fingerprint density at radius 3 is 2.19 bits per heavy atom. The van der Waals surface area contributed by atoms with Gasteiger partial charge in [0.05, 0.1) is 11.1 Å². The SMILES string of the molecule is O=C(Nc1cc(F)ccc1F)C1(c2ccc(F)cc2)CC1. The Balaban J connectivity index is 1.85. The maximum absolute atomic E-state index is 13.6. The fourth-order valence-electron chi connectivity index (χ4n) is 2.38. The Hall–Kier alpha value is -2.30. The van der Waals surface area contributed by atoms with Crippen molar-refractivity contribution in [3.05, 3.63) is 65.5 Å². The van der Waals surface area contributed by atoms with Crippen molar-refractivity contribution in [3.63, 3.8) is 0 Å². The molecule has 2 aromatic rings. The van der Waals surface area contributed by atoms with E-state index in [9.17, 15) is 18.0 Å². The minimum absolute atomic E-state index is 0.187. The minimum Gasteiger partial charge on any atom is -0.323 e. The molecule has 1 aliphatic rings. The van der Waals surface area contributed by atoms with E-state index in [4.69, 9.17) is 0 Å². The molecule has 0 bridgehead atoms. The van der Waals surface area contributed by atoms with Crippen molar-refractivity contribution in [1.82, 2.24) is 0 Å². The zero-order valence-electron chi connectivity index (χ0n) is 11.0. The van der Waals surface area contributed by atoms with Crippen LogP contribution in [0.4, 0.5) is 18.9 Å². The quantitative estimate of drug-likeness (QED) is 0.916. The molecule has 2 nitrogen and oxygen atoms in total. The summed E-state index contributed by atoms with van der Waals surface area (Å²) >= 11 is 0. The summed E-state index contributed by atoms with van der Waals surface area (Å²) in [6, 6.07) is 8.54. The van der Waals surface area contributed by atoms with Crippen molar-refractivity contribution in [1.29, 1.82) is 0 Å². The number of nitrogens with one attached hydrogen (secondary N) is 1. The molecule has 21 heavy (non-hydrogen) atoms. The molecule has 0 aliphatic heterocycles. The lowest BCUT2D eigenvalue weighted by Gasteiger charge is -2.16. The molecule has 1 amide bonds. The average Bonchev–Trinajstić information content (AvgIpc) is 3.25. The molecule has 108 valence electrons. The van der Waals surface area contributed by atoms with Crippen molar-refractivity contribution in [2.75, 3.05) is 5.32 Å². The van der Waals surface area contributed by atoms with Crippen molar-refractivity contribution in [2.24, 2.45) is 0 Å². The molecule has 0 saturated heterocycles. The smallest absolute Gasteiger partial charge is 0.235 e. The largest absolute Gasteiger partial charge is 0.323 e. The average molecular weight is 291 g/mol. The third kappa shape index (κ3) is 2.51. The number of amides is 1. The van der Waals surface area contributed by atoms with Crippen molar-refractivity contribution in [2.45, 2.75) is 18.3 Å². The summed E-state index contributed by atoms with van der Waals surface area (Å²) in [5.74, 6) is -2.11. The molecule has 1 aliphatic carbocycles. The Labute approximate surface area is 119 Å². The number of carbonyl (C=O) groups excluding carboxylic acids is 1. The van der Waals surface area contributed by atoms with Gasteiger partial charge in [0.15, 0.2) is 0 Å². The molecular weight excluding hydrogens is 279 g/mol. The Morgan fingerprint density at radius 2 is 1.57 bits per heavy atom. The van der Waals surface area contributed by atoms with Gasteiger partial charge in [0.2, 0.25) is 5.91 Å². The Bertz CT molecular complexity index is 693. The minimum atomic E-state index is -0.771. The van der Waals surface area contributed by atoms with Gasteiger partial charge in [-0.25, -0.2) is 13.2 Å². The van der Waals surface area contributed by atoms with E-state index >= 15 is 0 Å². The van der Waals surface area contributed by atoms with Gasteiger partial charge in [0, 0.05) is 6.07 Å². The molecular formula is C16H12F3NO. The molecule has 0 atom stereocenters. The van der Waals surface area contributed by atoms with E-state index in [1.165, 1.54) is 12.1 Å². The van der Waals surface area contributed by atoms with E-state index < -0.39 is 23.0 Å². The highest BCUT2D eigenvalue weighted by Gasteiger charge is 2.51. The predicted octanol–water partition coefficient (Wildman–Crippen LogP) is 3.77. The van der Waals surface area contributed by atoms with E-state index in [2.05, 4.69) is 5.32 Å². The van der Waals surface area contributed by atoms with Gasteiger partial charge in [-0.05, 0) is 42.7 Å². The second-order valence-corrected chi connectivity index (χ2v) is 5.17. The van der Waals surface area contributed by atoms with E-state index in [1.807, 2.05) is 0 Å². The number of benzene rings is 2. The second-order valence-electron chi connectivity index (χ2n) is 5.17. The van der Waals surface area contributed by atoms with Crippen LogP contribution in [0, 0.1) is 17.5 Å². The van der Waals surface area contributed by atoms with Gasteiger partial charge in [0.25, 0.3) is 0 Å². The summed E-state index contributed by atoms with van der Waals surface area (Å²) in [6.45, 7) is 0. The molecule has 0 spiro atoms. The zero-order valence-corrected chi connectivity index (χ0v) is 11.0. The van der Waals surface area contributed by atoms with Gasteiger partial charge < -0.3 is 5.32 Å². The highest BCUT2D eigenvalue weighted by molar-refractivity contribution is 6.01. The van der Waals surface area contributed by atoms with Crippen molar-refractivity contribution < 1.29 is 18.0 Å². The molecule has 2 aromatic carbocycles. The molecule has 0 aromatic heterocycles. The van der Waals surface area contributed by atoms with Crippen LogP contribution in [0.5, 0.6) is 0 Å². The van der Waals surface area contributed by atoms with E-state index in [1.54, 1.807) is 12.1 Å². The fourth-order valence-corrected chi connectivity index (χ4v) is 2.38. The van der Waals surface area contributed by atoms with Crippen LogP contribution in [0.1, 0.15) is 18.4 Å². The monoisotopic (exact) mass is 291 g/mol. The number of hydrogen-bond donors (Lipinski definition) is 1. The van der Waals surface area contributed by atoms with Crippen LogP contribution < -0.4 is 5.32 Å². The molecule has 1 saturated carbocycles. The fraction of sp³-hybridized carbons (Fsp3) is 0.188. The predicted molar refractivity (Wildman–Crippen MR) is 72.3 cm³/mol. The Kier molecular flexibility index (Phi) is 3.20. The van der Waals surface area contributed by atoms with Crippen LogP contribution in [0.25, 0.3) is 0 Å². The molecule has 0 radical (unpaired) electrons. The van der Waals surface area contributed by atoms with Crippen LogP contribution in [-0.4, -0.2) is 5.91 Å². The van der Waals surface area contributed by atoms with E-state index in [0.29, 0.717) is 18.4 Å². The number of anilines is 1. The van der Waals surface area contributed by atoms with Crippen LogP contribution in [0.2, 0.25) is 0 Å². The first-order valence-electron chi connectivity index (χ1n) is 6.54. The summed E-state index contributed by atoms with van der Waals surface area (Å²) in [5.41, 5.74) is -0.279. The van der Waals surface area contributed by atoms with Crippen LogP contribution in [0.3, 0.4) is 0 Å². The third-order valence-corrected chi connectivity index (χ3v) is 3.76. The van der Waals surface area contributed by atoms with E-state index in [-0.39, 0.29) is 11.5 Å². The van der Waals surface area contributed by atoms with Crippen LogP contribution in [0.15, 0.2) is 42.5 Å². The van der Waals surface area contributed by atoms with Gasteiger partial charge in [-0.15, -0.1) is 0 Å². The highest BCUT2D eigenvalue weighted by atomic mass is 19.1. The molecule has 3 rings (SSSR count). The highest BCUT2D eigenvalue weighted by Crippen LogP contribution is 2.49. The topological polar surface area (TPSA) is 29.1 Å². The molecule has 1 fully saturated rings. The second kappa shape index (κ2) is 4.91. The Morgan fingerprint density at radius 1 is 0.952 bits per heavy atom. The number of rotatable bonds is 3. The summed E-state index contributed by atoms with van der Waals surface area (Å²) < 4.78 is 39.6. The van der Waals surface area contributed by atoms with Crippen LogP contribution >= 0.6 is 0 Å². The first kappa shape index (κ1) is 13.7. The maximum Gasteiger partial charge on any atom is 0.235 e. The standard InChI is InChI=1S/C16H12F3NO/c17-11-3-1-10(2-4-11)16(7-8-16)15(21)20-14-9-12(18)5-6-13(14)19/h1-6,9H,7-8H2,(H,20,21). The summed E-state index contributed by atoms with van der Waals surface area (Å²) in [6.07, 6.45) is 1.20. The molecule has 5 heteroatoms. The normalized spacial score (nSPS) is 15.6. The number of carbonyl (C=O) groups is 1.